The van der Waals surface area contributed by atoms with Gasteiger partial charge in [0, 0.05) is 15.7 Å². The van der Waals surface area contributed by atoms with Gasteiger partial charge in [0.05, 0.1) is 5.69 Å². The molecule has 0 aliphatic heterocycles. The number of hydrogen-bond donors (Lipinski definition) is 1. The van der Waals surface area contributed by atoms with Gasteiger partial charge in [0.15, 0.2) is 5.82 Å². The van der Waals surface area contributed by atoms with Crippen LogP contribution in [-0.2, 0) is 0 Å². The molecule has 0 bridgehead atoms. The van der Waals surface area contributed by atoms with Crippen molar-refractivity contribution >= 4 is 38.3 Å². The zero-order valence-corrected chi connectivity index (χ0v) is 18.0. The van der Waals surface area contributed by atoms with Gasteiger partial charge in [-0.25, -0.2) is 9.67 Å². The second-order valence-corrected chi connectivity index (χ2v) is 7.94. The van der Waals surface area contributed by atoms with E-state index in [9.17, 15) is 4.79 Å². The van der Waals surface area contributed by atoms with Crippen molar-refractivity contribution in [1.82, 2.24) is 14.8 Å². The lowest BCUT2D eigenvalue weighted by atomic mass is 10.1. The van der Waals surface area contributed by atoms with Crippen LogP contribution in [0.15, 0.2) is 102 Å². The lowest BCUT2D eigenvalue weighted by molar-refractivity contribution is 0.101. The van der Waals surface area contributed by atoms with Gasteiger partial charge in [-0.15, -0.1) is 5.10 Å². The summed E-state index contributed by atoms with van der Waals surface area (Å²) in [4.78, 5) is 17.5. The Morgan fingerprint density at radius 2 is 1.52 bits per heavy atom. The average molecular weight is 469 g/mol. The van der Waals surface area contributed by atoms with Gasteiger partial charge in [0.2, 0.25) is 5.82 Å². The molecule has 6 heteroatoms. The number of aromatic nitrogens is 3. The fourth-order valence-corrected chi connectivity index (χ4v) is 3.66. The van der Waals surface area contributed by atoms with Crippen LogP contribution in [0, 0.1) is 0 Å². The summed E-state index contributed by atoms with van der Waals surface area (Å²) < 4.78 is 2.66. The van der Waals surface area contributed by atoms with Crippen molar-refractivity contribution in [2.24, 2.45) is 0 Å². The van der Waals surface area contributed by atoms with Crippen LogP contribution in [-0.4, -0.2) is 20.7 Å². The topological polar surface area (TPSA) is 59.8 Å². The molecule has 0 fully saturated rings. The lowest BCUT2D eigenvalue weighted by Crippen LogP contribution is -2.14. The molecule has 31 heavy (non-hydrogen) atoms. The Hall–Kier alpha value is -3.77. The van der Waals surface area contributed by atoms with Crippen molar-refractivity contribution in [3.05, 3.63) is 107 Å². The van der Waals surface area contributed by atoms with E-state index in [0.29, 0.717) is 11.5 Å². The molecule has 0 unspecified atom stereocenters. The summed E-state index contributed by atoms with van der Waals surface area (Å²) in [6.45, 7) is 0. The maximum atomic E-state index is 13.0. The first-order valence-electron chi connectivity index (χ1n) is 9.76. The van der Waals surface area contributed by atoms with E-state index in [4.69, 9.17) is 0 Å². The Balaban J connectivity index is 1.52. The maximum absolute atomic E-state index is 13.0. The number of fused-ring (bicyclic) bond motifs is 1. The van der Waals surface area contributed by atoms with Crippen LogP contribution < -0.4 is 5.32 Å². The first-order chi connectivity index (χ1) is 15.2. The molecular weight excluding hydrogens is 452 g/mol. The van der Waals surface area contributed by atoms with E-state index in [0.717, 1.165) is 26.5 Å². The number of benzene rings is 4. The van der Waals surface area contributed by atoms with Crippen LogP contribution in [0.1, 0.15) is 10.6 Å². The summed E-state index contributed by atoms with van der Waals surface area (Å²) in [7, 11) is 0. The monoisotopic (exact) mass is 468 g/mol. The molecule has 0 spiro atoms. The first kappa shape index (κ1) is 19.2. The largest absolute Gasteiger partial charge is 0.319 e. The number of amides is 1. The fourth-order valence-electron chi connectivity index (χ4n) is 3.40. The summed E-state index contributed by atoms with van der Waals surface area (Å²) in [5.41, 5.74) is 2.40. The van der Waals surface area contributed by atoms with Crippen molar-refractivity contribution in [3.8, 4) is 17.1 Å². The van der Waals surface area contributed by atoms with Crippen molar-refractivity contribution in [3.63, 3.8) is 0 Å². The third kappa shape index (κ3) is 3.98. The quantitative estimate of drug-likeness (QED) is 0.346. The van der Waals surface area contributed by atoms with Gasteiger partial charge in [-0.05, 0) is 47.2 Å². The molecule has 0 saturated carbocycles. The number of rotatable bonds is 4. The van der Waals surface area contributed by atoms with Crippen molar-refractivity contribution in [1.29, 1.82) is 0 Å². The van der Waals surface area contributed by atoms with Crippen LogP contribution in [0.25, 0.3) is 27.8 Å². The molecule has 1 amide bonds. The van der Waals surface area contributed by atoms with E-state index in [1.54, 1.807) is 4.68 Å². The number of carbonyl (C=O) groups is 1. The number of anilines is 1. The highest BCUT2D eigenvalue weighted by molar-refractivity contribution is 9.10. The molecule has 0 atom stereocenters. The molecule has 0 aliphatic rings. The molecule has 1 aromatic heterocycles. The van der Waals surface area contributed by atoms with Gasteiger partial charge in [-0.2, -0.15) is 0 Å². The van der Waals surface area contributed by atoms with Crippen LogP contribution in [0.4, 0.5) is 5.69 Å². The van der Waals surface area contributed by atoms with Gasteiger partial charge in [-0.3, -0.25) is 4.79 Å². The Labute approximate surface area is 187 Å². The summed E-state index contributed by atoms with van der Waals surface area (Å²) in [5.74, 6) is 0.348. The second kappa shape index (κ2) is 8.16. The van der Waals surface area contributed by atoms with E-state index < -0.39 is 0 Å². The van der Waals surface area contributed by atoms with Crippen molar-refractivity contribution < 1.29 is 4.79 Å². The van der Waals surface area contributed by atoms with Gasteiger partial charge in [0.25, 0.3) is 5.91 Å². The standard InChI is InChI=1S/C25H17BrN4O/c26-20-13-10-18(11-14-20)24-28-23(29-30(24)22-8-2-1-3-9-22)25(31)27-21-15-12-17-6-4-5-7-19(17)16-21/h1-16H,(H,27,31). The summed E-state index contributed by atoms with van der Waals surface area (Å²) in [6.07, 6.45) is 0. The average Bonchev–Trinajstić information content (AvgIpc) is 3.26. The highest BCUT2D eigenvalue weighted by Gasteiger charge is 2.19. The van der Waals surface area contributed by atoms with Crippen LogP contribution >= 0.6 is 15.9 Å². The Morgan fingerprint density at radius 1 is 0.806 bits per heavy atom. The molecule has 0 radical (unpaired) electrons. The molecule has 1 N–H and O–H groups in total. The van der Waals surface area contributed by atoms with Crippen molar-refractivity contribution in [2.45, 2.75) is 0 Å². The Bertz CT molecular complexity index is 1380. The lowest BCUT2D eigenvalue weighted by Gasteiger charge is -2.05. The van der Waals surface area contributed by atoms with E-state index in [2.05, 4.69) is 31.3 Å². The fraction of sp³-hybridized carbons (Fsp3) is 0. The van der Waals surface area contributed by atoms with Crippen LogP contribution in [0.2, 0.25) is 0 Å². The highest BCUT2D eigenvalue weighted by Crippen LogP contribution is 2.24. The first-order valence-corrected chi connectivity index (χ1v) is 10.6. The number of carbonyl (C=O) groups excluding carboxylic acids is 1. The van der Waals surface area contributed by atoms with Crippen LogP contribution in [0.5, 0.6) is 0 Å². The Morgan fingerprint density at radius 3 is 2.29 bits per heavy atom. The zero-order chi connectivity index (χ0) is 21.2. The smallest absolute Gasteiger partial charge is 0.295 e. The number of para-hydroxylation sites is 1. The Kier molecular flexibility index (Phi) is 5.06. The van der Waals surface area contributed by atoms with E-state index in [1.165, 1.54) is 0 Å². The molecule has 0 saturated heterocycles. The zero-order valence-electron chi connectivity index (χ0n) is 16.4. The molecule has 1 heterocycles. The predicted octanol–water partition coefficient (Wildman–Crippen LogP) is 6.10. The number of nitrogens with zero attached hydrogens (tertiary/aromatic N) is 3. The van der Waals surface area contributed by atoms with Crippen molar-refractivity contribution in [2.75, 3.05) is 5.32 Å². The molecule has 5 nitrogen and oxygen atoms in total. The summed E-state index contributed by atoms with van der Waals surface area (Å²) in [5, 5.41) is 9.61. The maximum Gasteiger partial charge on any atom is 0.295 e. The van der Waals surface area contributed by atoms with Gasteiger partial charge in [0.1, 0.15) is 0 Å². The molecular formula is C25H17BrN4O. The number of halogens is 1. The number of hydrogen-bond acceptors (Lipinski definition) is 3. The molecule has 5 aromatic rings. The van der Waals surface area contributed by atoms with E-state index in [1.807, 2.05) is 97.1 Å². The van der Waals surface area contributed by atoms with Gasteiger partial charge >= 0.3 is 0 Å². The predicted molar refractivity (Wildman–Crippen MR) is 126 cm³/mol. The molecule has 4 aromatic carbocycles. The minimum Gasteiger partial charge on any atom is -0.319 e. The highest BCUT2D eigenvalue weighted by atomic mass is 79.9. The van der Waals surface area contributed by atoms with E-state index >= 15 is 0 Å². The molecule has 5 rings (SSSR count). The third-order valence-corrected chi connectivity index (χ3v) is 5.45. The van der Waals surface area contributed by atoms with Gasteiger partial charge in [-0.1, -0.05) is 76.6 Å². The summed E-state index contributed by atoms with van der Waals surface area (Å²) in [6, 6.07) is 31.2. The minimum absolute atomic E-state index is 0.106. The summed E-state index contributed by atoms with van der Waals surface area (Å²) >= 11 is 3.46. The van der Waals surface area contributed by atoms with E-state index in [-0.39, 0.29) is 11.7 Å². The third-order valence-electron chi connectivity index (χ3n) is 4.92. The van der Waals surface area contributed by atoms with Gasteiger partial charge < -0.3 is 5.32 Å². The minimum atomic E-state index is -0.358. The number of nitrogens with one attached hydrogen (secondary N) is 1. The SMILES string of the molecule is O=C(Nc1ccc2ccccc2c1)c1nc(-c2ccc(Br)cc2)n(-c2ccccc2)n1. The second-order valence-electron chi connectivity index (χ2n) is 7.03. The normalized spacial score (nSPS) is 10.9. The van der Waals surface area contributed by atoms with Crippen LogP contribution in [0.3, 0.4) is 0 Å². The molecule has 150 valence electrons. The molecule has 0 aliphatic carbocycles.